The number of aliphatic hydroxyl groups is 2. The highest BCUT2D eigenvalue weighted by Gasteiger charge is 1.92. The maximum Gasteiger partial charge on any atom is 0.0468 e. The zero-order valence-electron chi connectivity index (χ0n) is 6.34. The second kappa shape index (κ2) is 6.78. The second-order valence-corrected chi connectivity index (χ2v) is 2.40. The smallest absolute Gasteiger partial charge is 0.0468 e. The molecule has 10 heavy (non-hydrogen) atoms. The van der Waals surface area contributed by atoms with Gasteiger partial charge in [-0.25, -0.2) is 0 Å². The summed E-state index contributed by atoms with van der Waals surface area (Å²) in [5.41, 5.74) is 1.08. The topological polar surface area (TPSA) is 40.5 Å². The van der Waals surface area contributed by atoms with E-state index in [9.17, 15) is 0 Å². The van der Waals surface area contributed by atoms with E-state index in [2.05, 4.69) is 6.58 Å². The predicted octanol–water partition coefficient (Wildman–Crippen LogP) is 1.09. The Morgan fingerprint density at radius 2 is 1.70 bits per heavy atom. The van der Waals surface area contributed by atoms with E-state index in [0.29, 0.717) is 6.42 Å². The maximum absolute atomic E-state index is 8.48. The third-order valence-corrected chi connectivity index (χ3v) is 1.40. The van der Waals surface area contributed by atoms with E-state index in [1.807, 2.05) is 0 Å². The molecule has 0 radical (unpaired) electrons. The van der Waals surface area contributed by atoms with Gasteiger partial charge >= 0.3 is 0 Å². The fraction of sp³-hybridized carbons (Fsp3) is 0.750. The molecule has 0 spiro atoms. The summed E-state index contributed by atoms with van der Waals surface area (Å²) in [6.07, 6.45) is 3.45. The van der Waals surface area contributed by atoms with Crippen molar-refractivity contribution in [1.29, 1.82) is 0 Å². The molecule has 0 aliphatic rings. The SMILES string of the molecule is C=C(CCO)CCCCO. The van der Waals surface area contributed by atoms with E-state index in [4.69, 9.17) is 10.2 Å². The molecule has 0 aliphatic carbocycles. The lowest BCUT2D eigenvalue weighted by Crippen LogP contribution is -1.89. The van der Waals surface area contributed by atoms with Gasteiger partial charge in [-0.3, -0.25) is 0 Å². The zero-order chi connectivity index (χ0) is 7.82. The summed E-state index contributed by atoms with van der Waals surface area (Å²) in [7, 11) is 0. The highest BCUT2D eigenvalue weighted by atomic mass is 16.3. The second-order valence-electron chi connectivity index (χ2n) is 2.40. The van der Waals surface area contributed by atoms with E-state index >= 15 is 0 Å². The van der Waals surface area contributed by atoms with Crippen LogP contribution in [0.4, 0.5) is 0 Å². The molecule has 0 aromatic rings. The van der Waals surface area contributed by atoms with Crippen molar-refractivity contribution in [2.75, 3.05) is 13.2 Å². The standard InChI is InChI=1S/C8H16O2/c1-8(5-7-10)4-2-3-6-9/h9-10H,1-7H2. The number of rotatable bonds is 6. The van der Waals surface area contributed by atoms with Crippen molar-refractivity contribution >= 4 is 0 Å². The molecule has 0 aliphatic heterocycles. The van der Waals surface area contributed by atoms with Gasteiger partial charge in [-0.2, -0.15) is 0 Å². The molecule has 0 heterocycles. The van der Waals surface area contributed by atoms with E-state index in [1.54, 1.807) is 0 Å². The Morgan fingerprint density at radius 1 is 1.00 bits per heavy atom. The number of unbranched alkanes of at least 4 members (excludes halogenated alkanes) is 1. The lowest BCUT2D eigenvalue weighted by atomic mass is 10.1. The van der Waals surface area contributed by atoms with E-state index < -0.39 is 0 Å². The Labute approximate surface area is 62.2 Å². The predicted molar refractivity (Wildman–Crippen MR) is 41.8 cm³/mol. The molecule has 60 valence electrons. The molecule has 0 atom stereocenters. The average Bonchev–Trinajstić information content (AvgIpc) is 1.89. The number of aliphatic hydroxyl groups excluding tert-OH is 2. The average molecular weight is 144 g/mol. The molecule has 0 bridgehead atoms. The van der Waals surface area contributed by atoms with Gasteiger partial charge in [-0.15, -0.1) is 0 Å². The summed E-state index contributed by atoms with van der Waals surface area (Å²) in [4.78, 5) is 0. The molecular formula is C8H16O2. The van der Waals surface area contributed by atoms with Crippen LogP contribution < -0.4 is 0 Å². The lowest BCUT2D eigenvalue weighted by molar-refractivity contribution is 0.282. The van der Waals surface area contributed by atoms with Crippen molar-refractivity contribution in [3.8, 4) is 0 Å². The summed E-state index contributed by atoms with van der Waals surface area (Å²) in [6, 6.07) is 0. The lowest BCUT2D eigenvalue weighted by Gasteiger charge is -2.00. The van der Waals surface area contributed by atoms with Crippen LogP contribution in [0, 0.1) is 0 Å². The van der Waals surface area contributed by atoms with Crippen LogP contribution in [0.2, 0.25) is 0 Å². The molecule has 0 rings (SSSR count). The third-order valence-electron chi connectivity index (χ3n) is 1.40. The van der Waals surface area contributed by atoms with E-state index in [-0.39, 0.29) is 13.2 Å². The number of hydrogen-bond acceptors (Lipinski definition) is 2. The van der Waals surface area contributed by atoms with Gasteiger partial charge in [-0.1, -0.05) is 12.2 Å². The van der Waals surface area contributed by atoms with Gasteiger partial charge in [0.25, 0.3) is 0 Å². The third kappa shape index (κ3) is 5.79. The molecule has 0 amide bonds. The van der Waals surface area contributed by atoms with Crippen LogP contribution >= 0.6 is 0 Å². The Hall–Kier alpha value is -0.340. The van der Waals surface area contributed by atoms with Gasteiger partial charge in [0.1, 0.15) is 0 Å². The molecule has 0 saturated carbocycles. The van der Waals surface area contributed by atoms with E-state index in [1.165, 1.54) is 0 Å². The molecule has 2 heteroatoms. The first-order valence-corrected chi connectivity index (χ1v) is 3.69. The summed E-state index contributed by atoms with van der Waals surface area (Å²) in [5.74, 6) is 0. The van der Waals surface area contributed by atoms with Crippen LogP contribution in [0.5, 0.6) is 0 Å². The van der Waals surface area contributed by atoms with Gasteiger partial charge in [-0.05, 0) is 25.7 Å². The highest BCUT2D eigenvalue weighted by Crippen LogP contribution is 2.07. The summed E-state index contributed by atoms with van der Waals surface area (Å²) >= 11 is 0. The quantitative estimate of drug-likeness (QED) is 0.432. The van der Waals surface area contributed by atoms with Crippen molar-refractivity contribution in [2.24, 2.45) is 0 Å². The summed E-state index contributed by atoms with van der Waals surface area (Å²) < 4.78 is 0. The Kier molecular flexibility index (Phi) is 6.55. The van der Waals surface area contributed by atoms with Crippen LogP contribution in [0.15, 0.2) is 12.2 Å². The van der Waals surface area contributed by atoms with Crippen molar-refractivity contribution in [1.82, 2.24) is 0 Å². The minimum absolute atomic E-state index is 0.192. The van der Waals surface area contributed by atoms with Crippen molar-refractivity contribution in [3.63, 3.8) is 0 Å². The monoisotopic (exact) mass is 144 g/mol. The normalized spacial score (nSPS) is 9.80. The van der Waals surface area contributed by atoms with Crippen LogP contribution in [0.3, 0.4) is 0 Å². The number of hydrogen-bond donors (Lipinski definition) is 2. The van der Waals surface area contributed by atoms with E-state index in [0.717, 1.165) is 24.8 Å². The van der Waals surface area contributed by atoms with Crippen molar-refractivity contribution in [3.05, 3.63) is 12.2 Å². The summed E-state index contributed by atoms with van der Waals surface area (Å²) in [5, 5.41) is 16.9. The van der Waals surface area contributed by atoms with Crippen molar-refractivity contribution in [2.45, 2.75) is 25.7 Å². The first-order chi connectivity index (χ1) is 4.81. The molecule has 0 unspecified atom stereocenters. The first kappa shape index (κ1) is 9.66. The fourth-order valence-corrected chi connectivity index (χ4v) is 0.770. The molecule has 2 N–H and O–H groups in total. The van der Waals surface area contributed by atoms with Gasteiger partial charge in [0.2, 0.25) is 0 Å². The Bertz CT molecular complexity index is 89.3. The van der Waals surface area contributed by atoms with Gasteiger partial charge in [0, 0.05) is 13.2 Å². The Balaban J connectivity index is 3.05. The maximum atomic E-state index is 8.48. The molecular weight excluding hydrogens is 128 g/mol. The molecule has 0 aromatic carbocycles. The molecule has 0 saturated heterocycles. The van der Waals surface area contributed by atoms with Gasteiger partial charge in [0.15, 0.2) is 0 Å². The minimum atomic E-state index is 0.192. The molecule has 2 nitrogen and oxygen atoms in total. The highest BCUT2D eigenvalue weighted by molar-refractivity contribution is 4.93. The van der Waals surface area contributed by atoms with Gasteiger partial charge < -0.3 is 10.2 Å². The van der Waals surface area contributed by atoms with Crippen LogP contribution in [0.1, 0.15) is 25.7 Å². The zero-order valence-corrected chi connectivity index (χ0v) is 6.34. The van der Waals surface area contributed by atoms with Gasteiger partial charge in [0.05, 0.1) is 0 Å². The van der Waals surface area contributed by atoms with Crippen LogP contribution in [-0.2, 0) is 0 Å². The largest absolute Gasteiger partial charge is 0.396 e. The van der Waals surface area contributed by atoms with Crippen LogP contribution in [-0.4, -0.2) is 23.4 Å². The van der Waals surface area contributed by atoms with Crippen molar-refractivity contribution < 1.29 is 10.2 Å². The first-order valence-electron chi connectivity index (χ1n) is 3.69. The van der Waals surface area contributed by atoms with Crippen LogP contribution in [0.25, 0.3) is 0 Å². The summed E-state index contributed by atoms with van der Waals surface area (Å²) in [6.45, 7) is 4.22. The molecule has 0 fully saturated rings. The Morgan fingerprint density at radius 3 is 2.20 bits per heavy atom. The fourth-order valence-electron chi connectivity index (χ4n) is 0.770. The minimum Gasteiger partial charge on any atom is -0.396 e. The molecule has 0 aromatic heterocycles.